The summed E-state index contributed by atoms with van der Waals surface area (Å²) in [6.45, 7) is 2.34. The maximum absolute atomic E-state index is 5.75. The second-order valence-corrected chi connectivity index (χ2v) is 3.24. The van der Waals surface area contributed by atoms with Gasteiger partial charge in [-0.25, -0.2) is 0 Å². The molecule has 0 spiro atoms. The Balaban J connectivity index is 2.05. The summed E-state index contributed by atoms with van der Waals surface area (Å²) >= 11 is 0. The molecule has 1 atom stereocenters. The molecule has 0 aromatic heterocycles. The lowest BCUT2D eigenvalue weighted by molar-refractivity contribution is 0.583. The molecule has 0 amide bonds. The van der Waals surface area contributed by atoms with E-state index in [-0.39, 0.29) is 0 Å². The summed E-state index contributed by atoms with van der Waals surface area (Å²) in [5, 5.41) is 3.35. The number of hydrogen-bond donors (Lipinski definition) is 2. The molecule has 2 nitrogen and oxygen atoms in total. The van der Waals surface area contributed by atoms with Gasteiger partial charge in [0.2, 0.25) is 0 Å². The van der Waals surface area contributed by atoms with Crippen LogP contribution in [0.1, 0.15) is 19.3 Å². The van der Waals surface area contributed by atoms with E-state index >= 15 is 0 Å². The molecule has 0 bridgehead atoms. The van der Waals surface area contributed by atoms with Gasteiger partial charge in [0.15, 0.2) is 0 Å². The highest BCUT2D eigenvalue weighted by molar-refractivity contribution is 5.25. The SMILES string of the molecule is NC1=C([C@@H]2CCNC2)CC1. The second-order valence-electron chi connectivity index (χ2n) is 3.24. The van der Waals surface area contributed by atoms with E-state index in [4.69, 9.17) is 5.73 Å². The van der Waals surface area contributed by atoms with Crippen LogP contribution in [0, 0.1) is 5.92 Å². The van der Waals surface area contributed by atoms with E-state index < -0.39 is 0 Å². The van der Waals surface area contributed by atoms with Crippen LogP contribution in [0.2, 0.25) is 0 Å². The Morgan fingerprint density at radius 1 is 1.40 bits per heavy atom. The summed E-state index contributed by atoms with van der Waals surface area (Å²) in [7, 11) is 0. The molecule has 0 aromatic rings. The van der Waals surface area contributed by atoms with Crippen molar-refractivity contribution in [2.24, 2.45) is 11.7 Å². The van der Waals surface area contributed by atoms with Gasteiger partial charge < -0.3 is 11.1 Å². The van der Waals surface area contributed by atoms with E-state index in [9.17, 15) is 0 Å². The largest absolute Gasteiger partial charge is 0.402 e. The quantitative estimate of drug-likeness (QED) is 0.557. The molecule has 56 valence electrons. The highest BCUT2D eigenvalue weighted by atomic mass is 14.9. The van der Waals surface area contributed by atoms with Crippen molar-refractivity contribution >= 4 is 0 Å². The Morgan fingerprint density at radius 2 is 2.30 bits per heavy atom. The van der Waals surface area contributed by atoms with E-state index in [1.807, 2.05) is 0 Å². The van der Waals surface area contributed by atoms with Gasteiger partial charge in [-0.1, -0.05) is 0 Å². The van der Waals surface area contributed by atoms with Gasteiger partial charge in [0.1, 0.15) is 0 Å². The first-order valence-electron chi connectivity index (χ1n) is 4.06. The van der Waals surface area contributed by atoms with Gasteiger partial charge in [0, 0.05) is 12.2 Å². The number of hydrogen-bond acceptors (Lipinski definition) is 2. The highest BCUT2D eigenvalue weighted by Crippen LogP contribution is 2.33. The van der Waals surface area contributed by atoms with Gasteiger partial charge in [0.25, 0.3) is 0 Å². The van der Waals surface area contributed by atoms with Gasteiger partial charge in [-0.2, -0.15) is 0 Å². The van der Waals surface area contributed by atoms with Crippen molar-refractivity contribution in [3.8, 4) is 0 Å². The van der Waals surface area contributed by atoms with Crippen LogP contribution in [-0.4, -0.2) is 13.1 Å². The monoisotopic (exact) mass is 138 g/mol. The third kappa shape index (κ3) is 0.833. The van der Waals surface area contributed by atoms with Crippen molar-refractivity contribution in [3.63, 3.8) is 0 Å². The van der Waals surface area contributed by atoms with Crippen LogP contribution in [-0.2, 0) is 0 Å². The lowest BCUT2D eigenvalue weighted by Crippen LogP contribution is -2.20. The molecule has 0 radical (unpaired) electrons. The third-order valence-corrected chi connectivity index (χ3v) is 2.63. The molecule has 1 aliphatic heterocycles. The van der Waals surface area contributed by atoms with Gasteiger partial charge in [-0.15, -0.1) is 0 Å². The van der Waals surface area contributed by atoms with Gasteiger partial charge in [-0.3, -0.25) is 0 Å². The fourth-order valence-electron chi connectivity index (χ4n) is 1.83. The summed E-state index contributed by atoms with van der Waals surface area (Å²) in [4.78, 5) is 0. The van der Waals surface area contributed by atoms with Gasteiger partial charge >= 0.3 is 0 Å². The number of allylic oxidation sites excluding steroid dienone is 1. The van der Waals surface area contributed by atoms with Crippen LogP contribution in [0.15, 0.2) is 11.3 Å². The van der Waals surface area contributed by atoms with E-state index in [2.05, 4.69) is 5.32 Å². The Labute approximate surface area is 61.5 Å². The molecule has 1 heterocycles. The molecule has 2 heteroatoms. The van der Waals surface area contributed by atoms with Crippen molar-refractivity contribution in [3.05, 3.63) is 11.3 Å². The van der Waals surface area contributed by atoms with Gasteiger partial charge in [-0.05, 0) is 37.3 Å². The molecule has 0 saturated carbocycles. The minimum Gasteiger partial charge on any atom is -0.402 e. The Bertz CT molecular complexity index is 166. The maximum Gasteiger partial charge on any atom is 0.00790 e. The summed E-state index contributed by atoms with van der Waals surface area (Å²) in [5.74, 6) is 0.786. The normalized spacial score (nSPS) is 32.6. The molecule has 1 saturated heterocycles. The second kappa shape index (κ2) is 2.27. The first-order chi connectivity index (χ1) is 4.88. The van der Waals surface area contributed by atoms with E-state index in [1.54, 1.807) is 5.57 Å². The molecular formula is C8H14N2. The lowest BCUT2D eigenvalue weighted by atomic mass is 9.84. The number of nitrogens with two attached hydrogens (primary N) is 1. The molecule has 0 unspecified atom stereocenters. The lowest BCUT2D eigenvalue weighted by Gasteiger charge is -2.25. The molecule has 10 heavy (non-hydrogen) atoms. The Kier molecular flexibility index (Phi) is 1.42. The van der Waals surface area contributed by atoms with Crippen LogP contribution < -0.4 is 11.1 Å². The fourth-order valence-corrected chi connectivity index (χ4v) is 1.83. The van der Waals surface area contributed by atoms with Crippen molar-refractivity contribution < 1.29 is 0 Å². The van der Waals surface area contributed by atoms with Crippen LogP contribution in [0.3, 0.4) is 0 Å². The van der Waals surface area contributed by atoms with Gasteiger partial charge in [0.05, 0.1) is 0 Å². The zero-order chi connectivity index (χ0) is 6.97. The highest BCUT2D eigenvalue weighted by Gasteiger charge is 2.25. The standard InChI is InChI=1S/C8H14N2/c9-8-2-1-7(8)6-3-4-10-5-6/h6,10H,1-5,9H2/t6-/m1/s1. The minimum atomic E-state index is 0.786. The number of rotatable bonds is 1. The third-order valence-electron chi connectivity index (χ3n) is 2.63. The molecule has 1 aliphatic carbocycles. The average Bonchev–Trinajstić information content (AvgIpc) is 2.37. The first kappa shape index (κ1) is 6.23. The Hall–Kier alpha value is -0.500. The predicted molar refractivity (Wildman–Crippen MR) is 41.4 cm³/mol. The molecule has 2 rings (SSSR count). The van der Waals surface area contributed by atoms with Crippen molar-refractivity contribution in [2.75, 3.05) is 13.1 Å². The summed E-state index contributed by atoms with van der Waals surface area (Å²) in [6, 6.07) is 0. The van der Waals surface area contributed by atoms with Crippen molar-refractivity contribution in [1.29, 1.82) is 0 Å². The molecule has 3 N–H and O–H groups in total. The smallest absolute Gasteiger partial charge is 0.00790 e. The first-order valence-corrected chi connectivity index (χ1v) is 4.06. The molecule has 2 aliphatic rings. The van der Waals surface area contributed by atoms with E-state index in [0.29, 0.717) is 0 Å². The summed E-state index contributed by atoms with van der Waals surface area (Å²) in [5.41, 5.74) is 8.48. The van der Waals surface area contributed by atoms with E-state index in [0.717, 1.165) is 18.9 Å². The summed E-state index contributed by atoms with van der Waals surface area (Å²) in [6.07, 6.45) is 3.71. The minimum absolute atomic E-state index is 0.786. The average molecular weight is 138 g/mol. The molecular weight excluding hydrogens is 124 g/mol. The van der Waals surface area contributed by atoms with Crippen LogP contribution in [0.4, 0.5) is 0 Å². The molecule has 0 aromatic carbocycles. The van der Waals surface area contributed by atoms with E-state index in [1.165, 1.54) is 25.1 Å². The van der Waals surface area contributed by atoms with Crippen LogP contribution in [0.25, 0.3) is 0 Å². The Morgan fingerprint density at radius 3 is 2.70 bits per heavy atom. The predicted octanol–water partition coefficient (Wildman–Crippen LogP) is 0.602. The number of nitrogens with one attached hydrogen (secondary N) is 1. The van der Waals surface area contributed by atoms with Crippen LogP contribution >= 0.6 is 0 Å². The maximum atomic E-state index is 5.75. The van der Waals surface area contributed by atoms with Crippen molar-refractivity contribution in [2.45, 2.75) is 19.3 Å². The topological polar surface area (TPSA) is 38.0 Å². The zero-order valence-electron chi connectivity index (χ0n) is 6.19. The van der Waals surface area contributed by atoms with Crippen molar-refractivity contribution in [1.82, 2.24) is 5.32 Å². The fraction of sp³-hybridized carbons (Fsp3) is 0.750. The zero-order valence-corrected chi connectivity index (χ0v) is 6.19. The summed E-state index contributed by atoms with van der Waals surface area (Å²) < 4.78 is 0. The van der Waals surface area contributed by atoms with Crippen LogP contribution in [0.5, 0.6) is 0 Å². The molecule has 1 fully saturated rings.